The molecule has 5 nitrogen and oxygen atoms in total. The Morgan fingerprint density at radius 3 is 2.42 bits per heavy atom. The Bertz CT molecular complexity index is 815. The molecule has 0 spiro atoms. The first kappa shape index (κ1) is 20.1. The number of carbonyl (C=O) groups is 3. The van der Waals surface area contributed by atoms with E-state index in [4.69, 9.17) is 16.3 Å². The predicted octanol–water partition coefficient (Wildman–Crippen LogP) is 3.89. The van der Waals surface area contributed by atoms with Gasteiger partial charge in [-0.25, -0.2) is 4.79 Å². The van der Waals surface area contributed by atoms with Crippen LogP contribution in [0.3, 0.4) is 0 Å². The minimum Gasteiger partial charge on any atom is -0.456 e. The van der Waals surface area contributed by atoms with E-state index in [2.05, 4.69) is 5.32 Å². The second kappa shape index (κ2) is 8.96. The van der Waals surface area contributed by atoms with Gasteiger partial charge in [-0.3, -0.25) is 9.59 Å². The molecule has 2 aromatic rings. The van der Waals surface area contributed by atoms with Gasteiger partial charge in [-0.2, -0.15) is 0 Å². The smallest absolute Gasteiger partial charge is 0.329 e. The fourth-order valence-electron chi connectivity index (χ4n) is 2.24. The predicted molar refractivity (Wildman–Crippen MR) is 102 cm³/mol. The molecular formula is C19H20ClNO4S. The fourth-order valence-corrected chi connectivity index (χ4v) is 3.26. The molecule has 1 heterocycles. The van der Waals surface area contributed by atoms with Gasteiger partial charge in [-0.1, -0.05) is 37.6 Å². The molecule has 0 unspecified atom stereocenters. The van der Waals surface area contributed by atoms with Crippen molar-refractivity contribution in [1.29, 1.82) is 0 Å². The highest BCUT2D eigenvalue weighted by Gasteiger charge is 2.27. The Morgan fingerprint density at radius 1 is 1.15 bits per heavy atom. The molecule has 2 rings (SSSR count). The van der Waals surface area contributed by atoms with Crippen LogP contribution in [0.25, 0.3) is 0 Å². The van der Waals surface area contributed by atoms with Crippen LogP contribution in [0.4, 0.5) is 0 Å². The van der Waals surface area contributed by atoms with Gasteiger partial charge in [0.2, 0.25) is 5.78 Å². The van der Waals surface area contributed by atoms with Gasteiger partial charge in [-0.15, -0.1) is 11.3 Å². The Morgan fingerprint density at radius 2 is 1.85 bits per heavy atom. The van der Waals surface area contributed by atoms with Crippen molar-refractivity contribution in [2.75, 3.05) is 6.61 Å². The Labute approximate surface area is 161 Å². The number of esters is 1. The summed E-state index contributed by atoms with van der Waals surface area (Å²) in [6, 6.07) is 9.23. The van der Waals surface area contributed by atoms with Crippen molar-refractivity contribution in [3.05, 3.63) is 56.7 Å². The van der Waals surface area contributed by atoms with E-state index >= 15 is 0 Å². The summed E-state index contributed by atoms with van der Waals surface area (Å²) in [6.45, 7) is 5.10. The van der Waals surface area contributed by atoms with E-state index in [-0.39, 0.29) is 23.9 Å². The average Bonchev–Trinajstić information content (AvgIpc) is 3.03. The van der Waals surface area contributed by atoms with Crippen molar-refractivity contribution < 1.29 is 19.1 Å². The summed E-state index contributed by atoms with van der Waals surface area (Å²) >= 11 is 7.36. The van der Waals surface area contributed by atoms with Gasteiger partial charge in [-0.05, 0) is 37.1 Å². The number of rotatable bonds is 7. The van der Waals surface area contributed by atoms with E-state index in [1.165, 1.54) is 11.3 Å². The molecule has 1 N–H and O–H groups in total. The summed E-state index contributed by atoms with van der Waals surface area (Å²) in [5.74, 6) is -1.60. The molecule has 0 aliphatic carbocycles. The van der Waals surface area contributed by atoms with Crippen LogP contribution >= 0.6 is 22.9 Å². The lowest BCUT2D eigenvalue weighted by Gasteiger charge is -2.21. The SMILES string of the molecule is Cc1ccc(C(=O)COC(=O)[C@@H](NC(=O)c2ccccc2Cl)C(C)C)s1. The Kier molecular flexibility index (Phi) is 6.94. The van der Waals surface area contributed by atoms with Gasteiger partial charge < -0.3 is 10.1 Å². The highest BCUT2D eigenvalue weighted by molar-refractivity contribution is 7.14. The first-order valence-electron chi connectivity index (χ1n) is 8.11. The van der Waals surface area contributed by atoms with Crippen molar-refractivity contribution in [2.24, 2.45) is 5.92 Å². The maximum absolute atomic E-state index is 12.4. The van der Waals surface area contributed by atoms with Crippen LogP contribution in [0.1, 0.15) is 38.8 Å². The number of benzene rings is 1. The van der Waals surface area contributed by atoms with Crippen LogP contribution in [0, 0.1) is 12.8 Å². The summed E-state index contributed by atoms with van der Waals surface area (Å²) < 4.78 is 5.13. The van der Waals surface area contributed by atoms with Crippen LogP contribution in [0.15, 0.2) is 36.4 Å². The molecule has 0 saturated carbocycles. The zero-order valence-electron chi connectivity index (χ0n) is 14.7. The highest BCUT2D eigenvalue weighted by Crippen LogP contribution is 2.17. The molecule has 0 aliphatic heterocycles. The number of halogens is 1. The maximum Gasteiger partial charge on any atom is 0.329 e. The first-order chi connectivity index (χ1) is 12.3. The largest absolute Gasteiger partial charge is 0.456 e. The molecule has 1 aromatic heterocycles. The lowest BCUT2D eigenvalue weighted by molar-refractivity contribution is -0.145. The van der Waals surface area contributed by atoms with Gasteiger partial charge in [0.25, 0.3) is 5.91 Å². The number of thiophene rings is 1. The van der Waals surface area contributed by atoms with Gasteiger partial charge in [0.05, 0.1) is 15.5 Å². The molecule has 1 amide bonds. The topological polar surface area (TPSA) is 72.5 Å². The van der Waals surface area contributed by atoms with Gasteiger partial charge in [0.1, 0.15) is 6.04 Å². The third-order valence-corrected chi connectivity index (χ3v) is 5.06. The van der Waals surface area contributed by atoms with E-state index in [1.807, 2.05) is 13.0 Å². The number of amides is 1. The van der Waals surface area contributed by atoms with Crippen molar-refractivity contribution in [3.8, 4) is 0 Å². The monoisotopic (exact) mass is 393 g/mol. The van der Waals surface area contributed by atoms with Gasteiger partial charge >= 0.3 is 5.97 Å². The van der Waals surface area contributed by atoms with E-state index in [9.17, 15) is 14.4 Å². The van der Waals surface area contributed by atoms with Crippen molar-refractivity contribution >= 4 is 40.6 Å². The lowest BCUT2D eigenvalue weighted by atomic mass is 10.0. The van der Waals surface area contributed by atoms with Crippen LogP contribution in [-0.4, -0.2) is 30.3 Å². The van der Waals surface area contributed by atoms with E-state index in [1.54, 1.807) is 44.2 Å². The molecule has 0 aliphatic rings. The molecular weight excluding hydrogens is 374 g/mol. The Balaban J connectivity index is 2.00. The number of carbonyl (C=O) groups excluding carboxylic acids is 3. The number of aryl methyl sites for hydroxylation is 1. The van der Waals surface area contributed by atoms with Crippen molar-refractivity contribution in [2.45, 2.75) is 26.8 Å². The highest BCUT2D eigenvalue weighted by atomic mass is 35.5. The molecule has 7 heteroatoms. The van der Waals surface area contributed by atoms with E-state index in [0.29, 0.717) is 9.90 Å². The summed E-state index contributed by atoms with van der Waals surface area (Å²) in [5.41, 5.74) is 0.276. The third-order valence-electron chi connectivity index (χ3n) is 3.69. The zero-order valence-corrected chi connectivity index (χ0v) is 16.3. The van der Waals surface area contributed by atoms with Crippen LogP contribution in [-0.2, 0) is 9.53 Å². The second-order valence-electron chi connectivity index (χ2n) is 6.12. The minimum absolute atomic E-state index is 0.215. The third kappa shape index (κ3) is 5.16. The van der Waals surface area contributed by atoms with E-state index < -0.39 is 17.9 Å². The number of ketones is 1. The Hall–Kier alpha value is -2.18. The van der Waals surface area contributed by atoms with Gasteiger partial charge in [0.15, 0.2) is 6.61 Å². The molecule has 1 atom stereocenters. The standard InChI is InChI=1S/C19H20ClNO4S/c1-11(2)17(21-18(23)13-6-4-5-7-14(13)20)19(24)25-10-15(22)16-9-8-12(3)26-16/h4-9,11,17H,10H2,1-3H3,(H,21,23)/t17-/m0/s1. The van der Waals surface area contributed by atoms with Crippen molar-refractivity contribution in [1.82, 2.24) is 5.32 Å². The summed E-state index contributed by atoms with van der Waals surface area (Å²) in [4.78, 5) is 38.4. The first-order valence-corrected chi connectivity index (χ1v) is 9.30. The number of nitrogens with one attached hydrogen (secondary N) is 1. The minimum atomic E-state index is -0.878. The second-order valence-corrected chi connectivity index (χ2v) is 7.81. The van der Waals surface area contributed by atoms with Gasteiger partial charge in [0, 0.05) is 4.88 Å². The molecule has 0 radical (unpaired) electrons. The van der Waals surface area contributed by atoms with Crippen LogP contribution in [0.5, 0.6) is 0 Å². The number of ether oxygens (including phenoxy) is 1. The molecule has 26 heavy (non-hydrogen) atoms. The van der Waals surface area contributed by atoms with Crippen LogP contribution in [0.2, 0.25) is 5.02 Å². The fraction of sp³-hybridized carbons (Fsp3) is 0.316. The average molecular weight is 394 g/mol. The summed E-state index contributed by atoms with van der Waals surface area (Å²) in [5, 5.41) is 2.93. The quantitative estimate of drug-likeness (QED) is 0.572. The maximum atomic E-state index is 12.4. The molecule has 0 bridgehead atoms. The summed E-state index contributed by atoms with van der Waals surface area (Å²) in [7, 11) is 0. The normalized spacial score (nSPS) is 11.9. The van der Waals surface area contributed by atoms with E-state index in [0.717, 1.165) is 4.88 Å². The van der Waals surface area contributed by atoms with Crippen LogP contribution < -0.4 is 5.32 Å². The number of hydrogen-bond acceptors (Lipinski definition) is 5. The number of hydrogen-bond donors (Lipinski definition) is 1. The molecule has 1 aromatic carbocycles. The molecule has 138 valence electrons. The van der Waals surface area contributed by atoms with Crippen molar-refractivity contribution in [3.63, 3.8) is 0 Å². The lowest BCUT2D eigenvalue weighted by Crippen LogP contribution is -2.45. The zero-order chi connectivity index (χ0) is 19.3. The number of Topliss-reactive ketones (excluding diaryl/α,β-unsaturated/α-hetero) is 1. The molecule has 0 fully saturated rings. The molecule has 0 saturated heterocycles. The summed E-state index contributed by atoms with van der Waals surface area (Å²) in [6.07, 6.45) is 0.